The van der Waals surface area contributed by atoms with Crippen molar-refractivity contribution in [3.8, 4) is 0 Å². The first-order chi connectivity index (χ1) is 15.8. The molecule has 0 N–H and O–H groups in total. The quantitative estimate of drug-likeness (QED) is 0.391. The van der Waals surface area contributed by atoms with Gasteiger partial charge in [-0.25, -0.2) is 0 Å². The lowest BCUT2D eigenvalue weighted by Crippen LogP contribution is -2.37. The first-order valence-corrected chi connectivity index (χ1v) is 14.0. The van der Waals surface area contributed by atoms with Crippen molar-refractivity contribution in [1.29, 1.82) is 0 Å². The molecule has 204 valence electrons. The Labute approximate surface area is 226 Å². The van der Waals surface area contributed by atoms with E-state index < -0.39 is 0 Å². The van der Waals surface area contributed by atoms with Gasteiger partial charge in [0.05, 0.1) is 0 Å². The predicted octanol–water partition coefficient (Wildman–Crippen LogP) is 10.7. The van der Waals surface area contributed by atoms with Gasteiger partial charge in [0.15, 0.2) is 0 Å². The lowest BCUT2D eigenvalue weighted by Gasteiger charge is -2.43. The predicted molar refractivity (Wildman–Crippen MR) is 164 cm³/mol. The number of hydrogen-bond acceptors (Lipinski definition) is 0. The maximum Gasteiger partial charge on any atom is -0.0129 e. The van der Waals surface area contributed by atoms with E-state index in [0.29, 0.717) is 5.41 Å². The van der Waals surface area contributed by atoms with Gasteiger partial charge in [0.1, 0.15) is 0 Å². The molecule has 0 aliphatic heterocycles. The molecule has 0 radical (unpaired) electrons. The topological polar surface area (TPSA) is 0 Å². The van der Waals surface area contributed by atoms with E-state index in [-0.39, 0.29) is 20.3 Å². The summed E-state index contributed by atoms with van der Waals surface area (Å²) < 4.78 is 0. The fourth-order valence-corrected chi connectivity index (χ4v) is 6.50. The van der Waals surface area contributed by atoms with Crippen LogP contribution in [0.2, 0.25) is 0 Å². The van der Waals surface area contributed by atoms with Crippen LogP contribution in [-0.2, 0) is 31.1 Å². The molecule has 3 atom stereocenters. The number of benzene rings is 2. The summed E-state index contributed by atoms with van der Waals surface area (Å²) in [6, 6.07) is 16.0. The van der Waals surface area contributed by atoms with Crippen LogP contribution in [0.15, 0.2) is 42.5 Å². The summed E-state index contributed by atoms with van der Waals surface area (Å²) in [6.45, 7) is 23.7. The third-order valence-corrected chi connectivity index (χ3v) is 8.77. The molecule has 36 heavy (non-hydrogen) atoms. The second-order valence-corrected chi connectivity index (χ2v) is 14.0. The van der Waals surface area contributed by atoms with Crippen LogP contribution in [0.5, 0.6) is 0 Å². The number of hydrogen-bond donors (Lipinski definition) is 0. The minimum atomic E-state index is 0. The molecule has 0 fully saturated rings. The summed E-state index contributed by atoms with van der Waals surface area (Å²) in [4.78, 5) is 0. The second kappa shape index (κ2) is 12.8. The largest absolute Gasteiger partial charge is 0.0776 e. The van der Waals surface area contributed by atoms with Crippen LogP contribution in [0.3, 0.4) is 0 Å². The molecule has 3 unspecified atom stereocenters. The van der Waals surface area contributed by atoms with E-state index in [1.54, 1.807) is 27.8 Å². The summed E-state index contributed by atoms with van der Waals surface area (Å²) in [5.41, 5.74) is 8.71. The normalized spacial score (nSPS) is 21.4. The van der Waals surface area contributed by atoms with Crippen molar-refractivity contribution in [2.75, 3.05) is 0 Å². The number of rotatable bonds is 2. The zero-order chi connectivity index (χ0) is 25.3. The monoisotopic (exact) mass is 492 g/mol. The standard InChI is InChI=1S/2C17H26.2CH4/c1-12(2)13-9-10-15-14(11-13)7-6-8-16(15)17(3,4)5;1-12(2)15-10-13-8-6-7-9-14(13)11-16(15)17(3,4)5;;/h6-8,12-13H,9-11H2,1-5H3;6-9,12,15-16H,10-11H2,1-5H3;2*1H4. The molecule has 0 saturated heterocycles. The van der Waals surface area contributed by atoms with Gasteiger partial charge >= 0.3 is 0 Å². The molecule has 0 spiro atoms. The first kappa shape index (κ1) is 32.5. The highest BCUT2D eigenvalue weighted by Crippen LogP contribution is 2.43. The molecule has 0 nitrogen and oxygen atoms in total. The summed E-state index contributed by atoms with van der Waals surface area (Å²) in [5.74, 6) is 4.15. The first-order valence-electron chi connectivity index (χ1n) is 14.0. The summed E-state index contributed by atoms with van der Waals surface area (Å²) in [5, 5.41) is 0. The van der Waals surface area contributed by atoms with Gasteiger partial charge in [0.25, 0.3) is 0 Å². The van der Waals surface area contributed by atoms with Crippen LogP contribution in [0.25, 0.3) is 0 Å². The van der Waals surface area contributed by atoms with Gasteiger partial charge in [0.2, 0.25) is 0 Å². The Kier molecular flexibility index (Phi) is 11.5. The highest BCUT2D eigenvalue weighted by atomic mass is 14.4. The minimum Gasteiger partial charge on any atom is -0.0776 e. The molecule has 0 amide bonds. The van der Waals surface area contributed by atoms with Gasteiger partial charge in [-0.3, -0.25) is 0 Å². The van der Waals surface area contributed by atoms with Crippen LogP contribution in [0.1, 0.15) is 118 Å². The van der Waals surface area contributed by atoms with Gasteiger partial charge in [0, 0.05) is 0 Å². The smallest absolute Gasteiger partial charge is 0.0129 e. The Morgan fingerprint density at radius 3 is 1.72 bits per heavy atom. The van der Waals surface area contributed by atoms with Gasteiger partial charge in [-0.2, -0.15) is 0 Å². The molecule has 0 bridgehead atoms. The molecule has 0 heteroatoms. The van der Waals surface area contributed by atoms with Crippen LogP contribution in [0.4, 0.5) is 0 Å². The zero-order valence-electron chi connectivity index (χ0n) is 24.0. The van der Waals surface area contributed by atoms with E-state index in [1.807, 2.05) is 0 Å². The Balaban J connectivity index is 0.000000341. The molecule has 2 aliphatic carbocycles. The highest BCUT2D eigenvalue weighted by Gasteiger charge is 2.37. The van der Waals surface area contributed by atoms with Crippen LogP contribution >= 0.6 is 0 Å². The summed E-state index contributed by atoms with van der Waals surface area (Å²) >= 11 is 0. The lowest BCUT2D eigenvalue weighted by atomic mass is 9.62. The average Bonchev–Trinajstić information content (AvgIpc) is 2.76. The molecule has 2 aromatic carbocycles. The second-order valence-electron chi connectivity index (χ2n) is 14.0. The Morgan fingerprint density at radius 2 is 1.22 bits per heavy atom. The van der Waals surface area contributed by atoms with Crippen molar-refractivity contribution in [3.63, 3.8) is 0 Å². The van der Waals surface area contributed by atoms with Crippen molar-refractivity contribution >= 4 is 0 Å². The maximum atomic E-state index is 2.40. The molecule has 0 heterocycles. The van der Waals surface area contributed by atoms with Crippen molar-refractivity contribution in [2.45, 2.75) is 122 Å². The van der Waals surface area contributed by atoms with Gasteiger partial charge in [-0.05, 0) is 100 Å². The molecular weight excluding hydrogens is 432 g/mol. The Hall–Kier alpha value is -1.56. The van der Waals surface area contributed by atoms with E-state index >= 15 is 0 Å². The van der Waals surface area contributed by atoms with Crippen LogP contribution < -0.4 is 0 Å². The lowest BCUT2D eigenvalue weighted by molar-refractivity contribution is 0.111. The fourth-order valence-electron chi connectivity index (χ4n) is 6.50. The van der Waals surface area contributed by atoms with E-state index in [1.165, 1.54) is 32.1 Å². The Morgan fingerprint density at radius 1 is 0.667 bits per heavy atom. The zero-order valence-corrected chi connectivity index (χ0v) is 24.0. The van der Waals surface area contributed by atoms with E-state index in [4.69, 9.17) is 0 Å². The third-order valence-electron chi connectivity index (χ3n) is 8.77. The van der Waals surface area contributed by atoms with Gasteiger partial charge in [-0.15, -0.1) is 0 Å². The maximum absolute atomic E-state index is 2.40. The summed E-state index contributed by atoms with van der Waals surface area (Å²) in [7, 11) is 0. The SMILES string of the molecule is C.C.CC(C)C1CCc2c(cccc2C(C)(C)C)C1.CC(C)C1Cc2ccccc2CC1C(C)(C)C. The van der Waals surface area contributed by atoms with Gasteiger partial charge in [-0.1, -0.05) is 127 Å². The average molecular weight is 493 g/mol. The van der Waals surface area contributed by atoms with Crippen LogP contribution in [0, 0.1) is 35.0 Å². The molecule has 2 aliphatic rings. The summed E-state index contributed by atoms with van der Waals surface area (Å²) in [6.07, 6.45) is 6.48. The van der Waals surface area contributed by atoms with E-state index in [0.717, 1.165) is 29.6 Å². The van der Waals surface area contributed by atoms with Crippen LogP contribution in [-0.4, -0.2) is 0 Å². The van der Waals surface area contributed by atoms with E-state index in [2.05, 4.69) is 112 Å². The molecule has 2 aromatic rings. The van der Waals surface area contributed by atoms with Crippen molar-refractivity contribution in [3.05, 3.63) is 70.3 Å². The Bertz CT molecular complexity index is 931. The van der Waals surface area contributed by atoms with Gasteiger partial charge < -0.3 is 0 Å². The molecule has 4 rings (SSSR count). The van der Waals surface area contributed by atoms with Crippen molar-refractivity contribution in [2.24, 2.45) is 35.0 Å². The minimum absolute atomic E-state index is 0. The molecule has 0 aromatic heterocycles. The number of fused-ring (bicyclic) bond motifs is 2. The fraction of sp³-hybridized carbons (Fsp3) is 0.667. The molecular formula is C36H60. The highest BCUT2D eigenvalue weighted by molar-refractivity contribution is 5.41. The third kappa shape index (κ3) is 7.72. The van der Waals surface area contributed by atoms with Crippen molar-refractivity contribution < 1.29 is 0 Å². The molecule has 0 saturated carbocycles. The van der Waals surface area contributed by atoms with Crippen molar-refractivity contribution in [1.82, 2.24) is 0 Å². The van der Waals surface area contributed by atoms with E-state index in [9.17, 15) is 0 Å².